The van der Waals surface area contributed by atoms with E-state index in [1.807, 2.05) is 30.3 Å². The summed E-state index contributed by atoms with van der Waals surface area (Å²) in [5.41, 5.74) is 1.45. The number of aliphatic carboxylic acids is 1. The molecule has 0 aromatic heterocycles. The summed E-state index contributed by atoms with van der Waals surface area (Å²) >= 11 is 12.6. The highest BCUT2D eigenvalue weighted by Crippen LogP contribution is 2.41. The van der Waals surface area contributed by atoms with Crippen LogP contribution in [0.2, 0.25) is 5.02 Å². The van der Waals surface area contributed by atoms with E-state index in [-0.39, 0.29) is 10.9 Å². The van der Waals surface area contributed by atoms with E-state index >= 15 is 0 Å². The van der Waals surface area contributed by atoms with Gasteiger partial charge in [0.2, 0.25) is 0 Å². The predicted octanol–water partition coefficient (Wildman–Crippen LogP) is 5.62. The number of ether oxygens (including phenoxy) is 2. The highest BCUT2D eigenvalue weighted by Gasteiger charge is 2.29. The van der Waals surface area contributed by atoms with Gasteiger partial charge >= 0.3 is 5.97 Å². The maximum absolute atomic E-state index is 12.5. The van der Waals surface area contributed by atoms with E-state index in [2.05, 4.69) is 5.32 Å². The number of halogens is 2. The average molecular weight is 486 g/mol. The zero-order chi connectivity index (χ0) is 23.4. The van der Waals surface area contributed by atoms with Crippen molar-refractivity contribution in [3.05, 3.63) is 88.4 Å². The third-order valence-electron chi connectivity index (χ3n) is 5.29. The second-order valence-electron chi connectivity index (χ2n) is 7.61. The van der Waals surface area contributed by atoms with Crippen molar-refractivity contribution in [3.63, 3.8) is 0 Å². The van der Waals surface area contributed by atoms with Crippen LogP contribution in [0, 0.1) is 0 Å². The second kappa shape index (κ2) is 10.1. The Hall–Kier alpha value is -3.22. The number of amides is 1. The predicted molar refractivity (Wildman–Crippen MR) is 126 cm³/mol. The molecule has 33 heavy (non-hydrogen) atoms. The van der Waals surface area contributed by atoms with E-state index in [4.69, 9.17) is 32.7 Å². The molecule has 4 rings (SSSR count). The fourth-order valence-corrected chi connectivity index (χ4v) is 4.11. The lowest BCUT2D eigenvalue weighted by atomic mass is 9.93. The molecule has 0 saturated heterocycles. The number of fused-ring (bicyclic) bond motifs is 1. The van der Waals surface area contributed by atoms with Gasteiger partial charge in [-0.05, 0) is 42.3 Å². The molecule has 1 aliphatic rings. The summed E-state index contributed by atoms with van der Waals surface area (Å²) in [5, 5.41) is 12.5. The van der Waals surface area contributed by atoms with Crippen molar-refractivity contribution in [2.75, 3.05) is 6.61 Å². The highest BCUT2D eigenvalue weighted by molar-refractivity contribution is 6.32. The van der Waals surface area contributed by atoms with Gasteiger partial charge in [0.25, 0.3) is 5.91 Å². The molecular formula is C25H21Cl2NO5. The Kier molecular flexibility index (Phi) is 7.06. The topological polar surface area (TPSA) is 84.9 Å². The monoisotopic (exact) mass is 485 g/mol. The lowest BCUT2D eigenvalue weighted by molar-refractivity contribution is -0.139. The molecule has 0 fully saturated rings. The Labute approximate surface area is 201 Å². The lowest BCUT2D eigenvalue weighted by Gasteiger charge is -2.24. The molecule has 1 amide bonds. The van der Waals surface area contributed by atoms with Gasteiger partial charge in [-0.2, -0.15) is 0 Å². The first-order chi connectivity index (χ1) is 15.9. The van der Waals surface area contributed by atoms with Crippen molar-refractivity contribution in [2.24, 2.45) is 0 Å². The molecule has 6 nitrogen and oxygen atoms in total. The van der Waals surface area contributed by atoms with Gasteiger partial charge in [-0.1, -0.05) is 53.5 Å². The van der Waals surface area contributed by atoms with Crippen LogP contribution in [0.1, 0.15) is 33.8 Å². The Bertz CT molecular complexity index is 1150. The number of carboxylic acids is 1. The van der Waals surface area contributed by atoms with Crippen molar-refractivity contribution < 1.29 is 24.2 Å². The fraction of sp³-hybridized carbons (Fsp3) is 0.200. The van der Waals surface area contributed by atoms with Crippen molar-refractivity contribution in [2.45, 2.75) is 24.3 Å². The zero-order valence-corrected chi connectivity index (χ0v) is 19.0. The number of carbonyl (C=O) groups excluding carboxylic acids is 1. The van der Waals surface area contributed by atoms with Gasteiger partial charge in [-0.15, -0.1) is 0 Å². The molecule has 170 valence electrons. The summed E-state index contributed by atoms with van der Waals surface area (Å²) < 4.78 is 11.4. The van der Waals surface area contributed by atoms with Gasteiger partial charge in [0, 0.05) is 23.6 Å². The van der Waals surface area contributed by atoms with E-state index in [1.165, 1.54) is 0 Å². The fourth-order valence-electron chi connectivity index (χ4n) is 3.62. The van der Waals surface area contributed by atoms with Gasteiger partial charge in [-0.25, -0.2) is 0 Å². The molecule has 0 aliphatic carbocycles. The number of rotatable bonds is 7. The number of hydrogen-bond acceptors (Lipinski definition) is 4. The summed E-state index contributed by atoms with van der Waals surface area (Å²) in [6.45, 7) is 0.306. The number of alkyl halides is 1. The molecule has 1 heterocycles. The molecule has 3 aromatic rings. The average Bonchev–Trinajstić information content (AvgIpc) is 2.80. The van der Waals surface area contributed by atoms with Crippen molar-refractivity contribution in [1.82, 2.24) is 5.32 Å². The smallest absolute Gasteiger partial charge is 0.311 e. The zero-order valence-electron chi connectivity index (χ0n) is 17.5. The third kappa shape index (κ3) is 5.59. The second-order valence-corrected chi connectivity index (χ2v) is 8.54. The molecule has 8 heteroatoms. The van der Waals surface area contributed by atoms with E-state index in [0.717, 1.165) is 5.56 Å². The lowest BCUT2D eigenvalue weighted by Crippen LogP contribution is -2.32. The van der Waals surface area contributed by atoms with Crippen LogP contribution < -0.4 is 14.8 Å². The van der Waals surface area contributed by atoms with E-state index < -0.39 is 17.4 Å². The summed E-state index contributed by atoms with van der Waals surface area (Å²) in [4.78, 5) is 24.0. The molecule has 2 atom stereocenters. The van der Waals surface area contributed by atoms with E-state index in [9.17, 15) is 14.7 Å². The summed E-state index contributed by atoms with van der Waals surface area (Å²) in [6.07, 6.45) is 0.897. The van der Waals surface area contributed by atoms with E-state index in [0.29, 0.717) is 47.8 Å². The first-order valence-corrected chi connectivity index (χ1v) is 11.2. The van der Waals surface area contributed by atoms with Crippen LogP contribution >= 0.6 is 23.2 Å². The quantitative estimate of drug-likeness (QED) is 0.335. The molecular weight excluding hydrogens is 465 g/mol. The van der Waals surface area contributed by atoms with Crippen LogP contribution in [0.4, 0.5) is 0 Å². The van der Waals surface area contributed by atoms with Crippen LogP contribution in [0.5, 0.6) is 17.2 Å². The Balaban J connectivity index is 1.41. The Morgan fingerprint density at radius 3 is 2.55 bits per heavy atom. The maximum atomic E-state index is 12.5. The molecule has 2 unspecified atom stereocenters. The van der Waals surface area contributed by atoms with Crippen LogP contribution in [0.25, 0.3) is 0 Å². The Morgan fingerprint density at radius 1 is 1.12 bits per heavy atom. The molecule has 0 bridgehead atoms. The SMILES string of the molecule is O=C(NC(Cl)Cc1ccccc1)c1ccc(Oc2cc3c(cc2Cl)C(C(=O)O)CCO3)cc1. The Morgan fingerprint density at radius 2 is 1.85 bits per heavy atom. The normalized spacial score (nSPS) is 15.6. The van der Waals surface area contributed by atoms with Gasteiger partial charge in [0.1, 0.15) is 22.7 Å². The minimum Gasteiger partial charge on any atom is -0.493 e. The molecule has 0 spiro atoms. The summed E-state index contributed by atoms with van der Waals surface area (Å²) in [6, 6.07) is 19.4. The number of nitrogens with one attached hydrogen (secondary N) is 1. The molecule has 2 N–H and O–H groups in total. The van der Waals surface area contributed by atoms with Crippen LogP contribution in [0.3, 0.4) is 0 Å². The van der Waals surface area contributed by atoms with E-state index in [1.54, 1.807) is 36.4 Å². The van der Waals surface area contributed by atoms with Gasteiger partial charge in [0.15, 0.2) is 0 Å². The van der Waals surface area contributed by atoms with Crippen molar-refractivity contribution in [1.29, 1.82) is 0 Å². The number of carboxylic acid groups (broad SMARTS) is 1. The van der Waals surface area contributed by atoms with Crippen LogP contribution in [0.15, 0.2) is 66.7 Å². The molecule has 0 radical (unpaired) electrons. The first kappa shape index (κ1) is 23.0. The maximum Gasteiger partial charge on any atom is 0.311 e. The molecule has 3 aromatic carbocycles. The van der Waals surface area contributed by atoms with Crippen LogP contribution in [-0.2, 0) is 11.2 Å². The first-order valence-electron chi connectivity index (χ1n) is 10.4. The van der Waals surface area contributed by atoms with Gasteiger partial charge in [-0.3, -0.25) is 9.59 Å². The van der Waals surface area contributed by atoms with Gasteiger partial charge in [0.05, 0.1) is 17.5 Å². The van der Waals surface area contributed by atoms with Crippen molar-refractivity contribution >= 4 is 35.1 Å². The minimum atomic E-state index is -0.916. The highest BCUT2D eigenvalue weighted by atomic mass is 35.5. The number of benzene rings is 3. The minimum absolute atomic E-state index is 0.276. The summed E-state index contributed by atoms with van der Waals surface area (Å²) in [7, 11) is 0. The molecule has 1 aliphatic heterocycles. The number of hydrogen-bond donors (Lipinski definition) is 2. The molecule has 0 saturated carbocycles. The number of carbonyl (C=O) groups is 2. The standard InChI is InChI=1S/C25H21Cl2NO5/c26-20-13-19-18(25(30)31)10-11-32-21(19)14-22(20)33-17-8-6-16(7-9-17)24(29)28-23(27)12-15-4-2-1-3-5-15/h1-9,13-14,18,23H,10-12H2,(H,28,29)(H,30,31). The van der Waals surface area contributed by atoms with Gasteiger partial charge < -0.3 is 19.9 Å². The third-order valence-corrected chi connectivity index (χ3v) is 5.85. The summed E-state index contributed by atoms with van der Waals surface area (Å²) in [5.74, 6) is -0.632. The van der Waals surface area contributed by atoms with Crippen LogP contribution in [-0.4, -0.2) is 29.1 Å². The van der Waals surface area contributed by atoms with Crippen molar-refractivity contribution in [3.8, 4) is 17.2 Å². The largest absolute Gasteiger partial charge is 0.493 e.